The standard InChI is InChI=1S/C16H14BrFN2O5S/c17-13-2-1-6-19-15(13)25-10-5-7-20(9-10)26(23,24)11-3-4-14(18)12(8-11)16(21)22/h1-4,6,8,10H,5,7,9H2,(H,21,22). The topological polar surface area (TPSA) is 96.8 Å². The summed E-state index contributed by atoms with van der Waals surface area (Å²) in [5.74, 6) is -2.15. The molecule has 1 aromatic carbocycles. The van der Waals surface area contributed by atoms with Crippen LogP contribution in [0.1, 0.15) is 16.8 Å². The van der Waals surface area contributed by atoms with Crippen molar-refractivity contribution in [2.45, 2.75) is 17.4 Å². The maximum absolute atomic E-state index is 13.5. The number of nitrogens with zero attached hydrogens (tertiary/aromatic N) is 2. The number of pyridine rings is 1. The van der Waals surface area contributed by atoms with E-state index < -0.39 is 33.5 Å². The van der Waals surface area contributed by atoms with Crippen molar-refractivity contribution >= 4 is 31.9 Å². The Hall–Kier alpha value is -2.04. The highest BCUT2D eigenvalue weighted by Crippen LogP contribution is 2.27. The summed E-state index contributed by atoms with van der Waals surface area (Å²) in [7, 11) is -3.96. The van der Waals surface area contributed by atoms with Crippen LogP contribution < -0.4 is 4.74 Å². The monoisotopic (exact) mass is 444 g/mol. The maximum atomic E-state index is 13.5. The first-order valence-corrected chi connectivity index (χ1v) is 9.82. The van der Waals surface area contributed by atoms with E-state index in [1.807, 2.05) is 0 Å². The van der Waals surface area contributed by atoms with Crippen LogP contribution >= 0.6 is 15.9 Å². The molecule has 1 N–H and O–H groups in total. The molecule has 1 aliphatic rings. The van der Waals surface area contributed by atoms with Gasteiger partial charge in [0.2, 0.25) is 15.9 Å². The SMILES string of the molecule is O=C(O)c1cc(S(=O)(=O)N2CCC(Oc3ncccc3Br)C2)ccc1F. The second-order valence-electron chi connectivity index (χ2n) is 5.63. The lowest BCUT2D eigenvalue weighted by molar-refractivity contribution is 0.0691. The molecule has 1 saturated heterocycles. The van der Waals surface area contributed by atoms with Gasteiger partial charge >= 0.3 is 5.97 Å². The zero-order chi connectivity index (χ0) is 18.9. The van der Waals surface area contributed by atoms with Crippen molar-refractivity contribution in [3.63, 3.8) is 0 Å². The maximum Gasteiger partial charge on any atom is 0.338 e. The molecule has 26 heavy (non-hydrogen) atoms. The van der Waals surface area contributed by atoms with Crippen LogP contribution in [-0.4, -0.2) is 48.0 Å². The molecule has 10 heteroatoms. The largest absolute Gasteiger partial charge is 0.478 e. The smallest absolute Gasteiger partial charge is 0.338 e. The molecular weight excluding hydrogens is 431 g/mol. The summed E-state index contributed by atoms with van der Waals surface area (Å²) in [5, 5.41) is 8.97. The van der Waals surface area contributed by atoms with E-state index in [0.29, 0.717) is 16.8 Å². The third-order valence-corrected chi connectivity index (χ3v) is 6.38. The van der Waals surface area contributed by atoms with Gasteiger partial charge in [-0.2, -0.15) is 4.31 Å². The number of carboxylic acids is 1. The van der Waals surface area contributed by atoms with E-state index in [1.54, 1.807) is 18.3 Å². The van der Waals surface area contributed by atoms with Gasteiger partial charge in [-0.15, -0.1) is 0 Å². The Morgan fingerprint density at radius 3 is 2.85 bits per heavy atom. The zero-order valence-corrected chi connectivity index (χ0v) is 15.7. The summed E-state index contributed by atoms with van der Waals surface area (Å²) in [6.45, 7) is 0.294. The third kappa shape index (κ3) is 3.71. The van der Waals surface area contributed by atoms with E-state index in [0.717, 1.165) is 18.2 Å². The van der Waals surface area contributed by atoms with Gasteiger partial charge in [0, 0.05) is 12.7 Å². The molecule has 0 amide bonds. The Bertz CT molecular complexity index is 953. The number of hydrogen-bond acceptors (Lipinski definition) is 5. The molecule has 1 atom stereocenters. The summed E-state index contributed by atoms with van der Waals surface area (Å²) < 4.78 is 46.5. The number of hydrogen-bond donors (Lipinski definition) is 1. The Balaban J connectivity index is 1.78. The zero-order valence-electron chi connectivity index (χ0n) is 13.3. The predicted octanol–water partition coefficient (Wildman–Crippen LogP) is 2.52. The van der Waals surface area contributed by atoms with Crippen LogP contribution in [0.2, 0.25) is 0 Å². The Morgan fingerprint density at radius 2 is 2.15 bits per heavy atom. The predicted molar refractivity (Wildman–Crippen MR) is 93.1 cm³/mol. The number of ether oxygens (including phenoxy) is 1. The Kier molecular flexibility index (Phi) is 5.26. The minimum atomic E-state index is -3.96. The van der Waals surface area contributed by atoms with Crippen LogP contribution in [0.25, 0.3) is 0 Å². The van der Waals surface area contributed by atoms with Crippen molar-refractivity contribution < 1.29 is 27.4 Å². The highest BCUT2D eigenvalue weighted by molar-refractivity contribution is 9.10. The number of sulfonamides is 1. The van der Waals surface area contributed by atoms with Crippen LogP contribution in [-0.2, 0) is 10.0 Å². The van der Waals surface area contributed by atoms with Gasteiger partial charge in [-0.1, -0.05) is 0 Å². The summed E-state index contributed by atoms with van der Waals surface area (Å²) in [6.07, 6.45) is 1.63. The molecule has 1 aromatic heterocycles. The minimum absolute atomic E-state index is 0.0884. The van der Waals surface area contributed by atoms with Gasteiger partial charge in [-0.05, 0) is 52.7 Å². The lowest BCUT2D eigenvalue weighted by Gasteiger charge is -2.17. The van der Waals surface area contributed by atoms with Crippen molar-refractivity contribution in [3.8, 4) is 5.88 Å². The van der Waals surface area contributed by atoms with Gasteiger partial charge in [0.1, 0.15) is 11.9 Å². The molecule has 0 bridgehead atoms. The molecule has 0 radical (unpaired) electrons. The molecular formula is C16H14BrFN2O5S. The van der Waals surface area contributed by atoms with Crippen LogP contribution in [0.3, 0.4) is 0 Å². The molecule has 0 aliphatic carbocycles. The van der Waals surface area contributed by atoms with Gasteiger partial charge in [0.25, 0.3) is 0 Å². The fourth-order valence-electron chi connectivity index (χ4n) is 2.61. The van der Waals surface area contributed by atoms with Crippen LogP contribution in [0, 0.1) is 5.82 Å². The number of rotatable bonds is 5. The minimum Gasteiger partial charge on any atom is -0.478 e. The van der Waals surface area contributed by atoms with Crippen molar-refractivity contribution in [2.24, 2.45) is 0 Å². The number of aromatic nitrogens is 1. The fraction of sp³-hybridized carbons (Fsp3) is 0.250. The van der Waals surface area contributed by atoms with Crippen molar-refractivity contribution in [1.29, 1.82) is 0 Å². The summed E-state index contributed by atoms with van der Waals surface area (Å²) in [5.41, 5.74) is -0.685. The number of carboxylic acid groups (broad SMARTS) is 1. The van der Waals surface area contributed by atoms with Crippen molar-refractivity contribution in [1.82, 2.24) is 9.29 Å². The highest BCUT2D eigenvalue weighted by atomic mass is 79.9. The lowest BCUT2D eigenvalue weighted by atomic mass is 10.2. The van der Waals surface area contributed by atoms with E-state index >= 15 is 0 Å². The fourth-order valence-corrected chi connectivity index (χ4v) is 4.47. The molecule has 2 aromatic rings. The first-order chi connectivity index (χ1) is 12.3. The summed E-state index contributed by atoms with van der Waals surface area (Å²) in [4.78, 5) is 14.8. The van der Waals surface area contributed by atoms with Gasteiger partial charge in [0.05, 0.1) is 21.5 Å². The van der Waals surface area contributed by atoms with E-state index in [2.05, 4.69) is 20.9 Å². The third-order valence-electron chi connectivity index (χ3n) is 3.92. The summed E-state index contributed by atoms with van der Waals surface area (Å²) >= 11 is 3.31. The van der Waals surface area contributed by atoms with E-state index in [1.165, 1.54) is 4.31 Å². The number of benzene rings is 1. The number of aromatic carboxylic acids is 1. The molecule has 138 valence electrons. The first kappa shape index (κ1) is 18.7. The first-order valence-electron chi connectivity index (χ1n) is 7.59. The molecule has 3 rings (SSSR count). The van der Waals surface area contributed by atoms with Gasteiger partial charge in [0.15, 0.2) is 0 Å². The highest BCUT2D eigenvalue weighted by Gasteiger charge is 2.34. The van der Waals surface area contributed by atoms with E-state index in [4.69, 9.17) is 9.84 Å². The van der Waals surface area contributed by atoms with E-state index in [-0.39, 0.29) is 18.0 Å². The quantitative estimate of drug-likeness (QED) is 0.760. The van der Waals surface area contributed by atoms with Crippen molar-refractivity contribution in [2.75, 3.05) is 13.1 Å². The van der Waals surface area contributed by atoms with Crippen LogP contribution in [0.5, 0.6) is 5.88 Å². The molecule has 7 nitrogen and oxygen atoms in total. The number of halogens is 2. The number of carbonyl (C=O) groups is 1. The second-order valence-corrected chi connectivity index (χ2v) is 8.42. The molecule has 0 spiro atoms. The second kappa shape index (κ2) is 7.29. The normalized spacial score (nSPS) is 18.0. The van der Waals surface area contributed by atoms with Crippen LogP contribution in [0.15, 0.2) is 45.9 Å². The van der Waals surface area contributed by atoms with Gasteiger partial charge in [-0.3, -0.25) is 0 Å². The van der Waals surface area contributed by atoms with Gasteiger partial charge < -0.3 is 9.84 Å². The molecule has 1 aliphatic heterocycles. The molecule has 2 heterocycles. The summed E-state index contributed by atoms with van der Waals surface area (Å²) in [6, 6.07) is 6.22. The van der Waals surface area contributed by atoms with Crippen LogP contribution in [0.4, 0.5) is 4.39 Å². The molecule has 1 unspecified atom stereocenters. The Labute approximate surface area is 157 Å². The van der Waals surface area contributed by atoms with Crippen molar-refractivity contribution in [3.05, 3.63) is 52.4 Å². The average Bonchev–Trinajstić information content (AvgIpc) is 3.06. The molecule has 0 saturated carbocycles. The Morgan fingerprint density at radius 1 is 1.38 bits per heavy atom. The van der Waals surface area contributed by atoms with Gasteiger partial charge in [-0.25, -0.2) is 22.6 Å². The van der Waals surface area contributed by atoms with E-state index in [9.17, 15) is 17.6 Å². The average molecular weight is 445 g/mol. The lowest BCUT2D eigenvalue weighted by Crippen LogP contribution is -2.31. The molecule has 1 fully saturated rings.